The number of hydrogen-bond acceptors (Lipinski definition) is 1. The van der Waals surface area contributed by atoms with E-state index in [2.05, 4.69) is 248 Å². The lowest BCUT2D eigenvalue weighted by atomic mass is 9.48. The average molecular weight is 910 g/mol. The minimum Gasteiger partial charge on any atom is -0.310 e. The van der Waals surface area contributed by atoms with Crippen LogP contribution in [-0.2, 0) is 16.2 Å². The molecule has 4 bridgehead atoms. The molecule has 16 rings (SSSR count). The van der Waals surface area contributed by atoms with Gasteiger partial charge in [-0.1, -0.05) is 212 Å². The molecule has 6 aliphatic carbocycles. The summed E-state index contributed by atoms with van der Waals surface area (Å²) < 4.78 is 0. The van der Waals surface area contributed by atoms with Gasteiger partial charge in [-0.15, -0.1) is 0 Å². The van der Waals surface area contributed by atoms with Crippen molar-refractivity contribution in [3.05, 3.63) is 293 Å². The predicted molar refractivity (Wildman–Crippen MR) is 293 cm³/mol. The molecular weight excluding hydrogens is 855 g/mol. The first-order chi connectivity index (χ1) is 35.1. The zero-order chi connectivity index (χ0) is 46.7. The van der Waals surface area contributed by atoms with Gasteiger partial charge >= 0.3 is 0 Å². The highest BCUT2D eigenvalue weighted by molar-refractivity contribution is 6.01. The Morgan fingerprint density at radius 1 is 0.282 bits per heavy atom. The molecule has 340 valence electrons. The smallest absolute Gasteiger partial charge is 0.0713 e. The summed E-state index contributed by atoms with van der Waals surface area (Å²) in [5.41, 5.74) is 20.1. The molecule has 0 unspecified atom stereocenters. The van der Waals surface area contributed by atoms with Gasteiger partial charge in [-0.05, 0) is 170 Å². The van der Waals surface area contributed by atoms with E-state index in [0.717, 1.165) is 29.1 Å². The van der Waals surface area contributed by atoms with Crippen LogP contribution in [0, 0.1) is 17.8 Å². The summed E-state index contributed by atoms with van der Waals surface area (Å²) in [6.45, 7) is 0. The Morgan fingerprint density at radius 3 is 1.04 bits per heavy atom. The van der Waals surface area contributed by atoms with E-state index >= 15 is 0 Å². The molecular formula is C70H55N. The van der Waals surface area contributed by atoms with Crippen LogP contribution in [0.2, 0.25) is 0 Å². The van der Waals surface area contributed by atoms with Crippen LogP contribution in [0.25, 0.3) is 33.0 Å². The molecule has 1 heteroatoms. The molecule has 10 aromatic carbocycles. The van der Waals surface area contributed by atoms with Crippen LogP contribution in [0.5, 0.6) is 0 Å². The second kappa shape index (κ2) is 15.6. The van der Waals surface area contributed by atoms with E-state index in [-0.39, 0.29) is 5.41 Å². The first kappa shape index (κ1) is 41.1. The Hall–Kier alpha value is -7.74. The van der Waals surface area contributed by atoms with E-state index in [4.69, 9.17) is 0 Å². The highest BCUT2D eigenvalue weighted by Crippen LogP contribution is 2.63. The van der Waals surface area contributed by atoms with E-state index in [1.807, 2.05) is 0 Å². The average Bonchev–Trinajstić information content (AvgIpc) is 3.90. The number of fused-ring (bicyclic) bond motifs is 7. The number of anilines is 3. The minimum absolute atomic E-state index is 0.278. The molecule has 10 aromatic rings. The van der Waals surface area contributed by atoms with Crippen LogP contribution < -0.4 is 4.90 Å². The van der Waals surface area contributed by atoms with E-state index in [1.54, 1.807) is 5.56 Å². The van der Waals surface area contributed by atoms with E-state index in [9.17, 15) is 0 Å². The van der Waals surface area contributed by atoms with Gasteiger partial charge in [0.2, 0.25) is 0 Å². The van der Waals surface area contributed by atoms with Gasteiger partial charge in [-0.25, -0.2) is 0 Å². The molecule has 0 aliphatic heterocycles. The number of benzene rings is 10. The standard InChI is InChI=1S/C70H55N/c1-3-17-50(18-4-1)69(63-27-11-7-21-56(63)57-22-8-12-28-64(57)69)52-33-37-54(38-34-52)71(67-32-16-25-60-61(67)26-15-31-62(60)68-44-47-41-48(45-68)43-49(42-47)46-68)55-39-35-53(36-40-55)70(51-19-5-2-6-20-51)65-29-13-9-23-58(65)59-24-10-14-30-66(59)70/h1-40,47-49H,41-46H2. The van der Waals surface area contributed by atoms with Crippen LogP contribution in [0.4, 0.5) is 17.1 Å². The third-order valence-corrected chi connectivity index (χ3v) is 18.2. The number of hydrogen-bond donors (Lipinski definition) is 0. The second-order valence-corrected chi connectivity index (χ2v) is 21.7. The molecule has 4 saturated carbocycles. The topological polar surface area (TPSA) is 3.24 Å². The molecule has 0 saturated heterocycles. The Balaban J connectivity index is 0.931. The van der Waals surface area contributed by atoms with Crippen LogP contribution >= 0.6 is 0 Å². The van der Waals surface area contributed by atoms with Gasteiger partial charge < -0.3 is 4.90 Å². The van der Waals surface area contributed by atoms with Crippen molar-refractivity contribution >= 4 is 27.8 Å². The molecule has 0 amide bonds. The maximum absolute atomic E-state index is 2.55. The van der Waals surface area contributed by atoms with Crippen molar-refractivity contribution in [1.82, 2.24) is 0 Å². The van der Waals surface area contributed by atoms with Crippen LogP contribution in [0.1, 0.15) is 88.6 Å². The monoisotopic (exact) mass is 909 g/mol. The van der Waals surface area contributed by atoms with Gasteiger partial charge in [0.1, 0.15) is 0 Å². The lowest BCUT2D eigenvalue weighted by Gasteiger charge is -2.57. The van der Waals surface area contributed by atoms with Gasteiger partial charge in [-0.3, -0.25) is 0 Å². The normalized spacial score (nSPS) is 21.3. The van der Waals surface area contributed by atoms with Gasteiger partial charge in [0.05, 0.1) is 16.5 Å². The zero-order valence-corrected chi connectivity index (χ0v) is 40.0. The molecule has 1 nitrogen and oxygen atoms in total. The number of rotatable bonds is 8. The second-order valence-electron chi connectivity index (χ2n) is 21.7. The molecule has 0 N–H and O–H groups in total. The Bertz CT molecular complexity index is 3370. The predicted octanol–water partition coefficient (Wildman–Crippen LogP) is 17.5. The van der Waals surface area contributed by atoms with Gasteiger partial charge in [0.15, 0.2) is 0 Å². The third kappa shape index (κ3) is 5.81. The van der Waals surface area contributed by atoms with Crippen molar-refractivity contribution in [2.45, 2.75) is 54.8 Å². The molecule has 0 aromatic heterocycles. The maximum Gasteiger partial charge on any atom is 0.0713 e. The largest absolute Gasteiger partial charge is 0.310 e. The van der Waals surface area contributed by atoms with Gasteiger partial charge in [-0.2, -0.15) is 0 Å². The lowest BCUT2D eigenvalue weighted by Crippen LogP contribution is -2.48. The summed E-state index contributed by atoms with van der Waals surface area (Å²) in [6, 6.07) is 92.3. The molecule has 0 heterocycles. The Labute approximate surface area is 418 Å². The van der Waals surface area contributed by atoms with Crippen molar-refractivity contribution in [1.29, 1.82) is 0 Å². The number of nitrogens with zero attached hydrogens (tertiary/aromatic N) is 1. The Kier molecular flexibility index (Phi) is 9.04. The summed E-state index contributed by atoms with van der Waals surface area (Å²) in [7, 11) is 0. The SMILES string of the molecule is c1ccc(C2(c3ccc(N(c4ccc(C5(c6ccccc6)c6ccccc6-c6ccccc65)cc4)c4cccc5c(C67CC8CC(CC(C8)C6)C7)cccc45)cc3)c3ccccc3-c3ccccc32)cc1. The van der Waals surface area contributed by atoms with Gasteiger partial charge in [0, 0.05) is 16.8 Å². The van der Waals surface area contributed by atoms with Crippen molar-refractivity contribution in [2.75, 3.05) is 4.90 Å². The van der Waals surface area contributed by atoms with E-state index in [1.165, 1.54) is 122 Å². The fourth-order valence-corrected chi connectivity index (χ4v) is 16.0. The van der Waals surface area contributed by atoms with E-state index < -0.39 is 10.8 Å². The van der Waals surface area contributed by atoms with Crippen LogP contribution in [0.3, 0.4) is 0 Å². The van der Waals surface area contributed by atoms with Crippen LogP contribution in [-0.4, -0.2) is 0 Å². The first-order valence-electron chi connectivity index (χ1n) is 26.2. The van der Waals surface area contributed by atoms with Crippen LogP contribution in [0.15, 0.2) is 243 Å². The molecule has 4 fully saturated rings. The molecule has 71 heavy (non-hydrogen) atoms. The van der Waals surface area contributed by atoms with Crippen molar-refractivity contribution < 1.29 is 0 Å². The summed E-state index contributed by atoms with van der Waals surface area (Å²) >= 11 is 0. The van der Waals surface area contributed by atoms with E-state index in [0.29, 0.717) is 0 Å². The summed E-state index contributed by atoms with van der Waals surface area (Å²) in [4.78, 5) is 2.55. The fraction of sp³-hybridized carbons (Fsp3) is 0.171. The van der Waals surface area contributed by atoms with Crippen molar-refractivity contribution in [2.24, 2.45) is 17.8 Å². The maximum atomic E-state index is 2.55. The Morgan fingerprint density at radius 2 is 0.620 bits per heavy atom. The third-order valence-electron chi connectivity index (χ3n) is 18.2. The lowest BCUT2D eigenvalue weighted by molar-refractivity contribution is -0.00449. The fourth-order valence-electron chi connectivity index (χ4n) is 16.0. The summed E-state index contributed by atoms with van der Waals surface area (Å²) in [5, 5.41) is 2.75. The quantitative estimate of drug-likeness (QED) is 0.147. The molecule has 0 atom stereocenters. The summed E-state index contributed by atoms with van der Waals surface area (Å²) in [5.74, 6) is 2.64. The zero-order valence-electron chi connectivity index (χ0n) is 40.0. The molecule has 0 radical (unpaired) electrons. The molecule has 6 aliphatic rings. The van der Waals surface area contributed by atoms with Gasteiger partial charge in [0.25, 0.3) is 0 Å². The molecule has 0 spiro atoms. The van der Waals surface area contributed by atoms with Crippen molar-refractivity contribution in [3.63, 3.8) is 0 Å². The summed E-state index contributed by atoms with van der Waals surface area (Å²) in [6.07, 6.45) is 8.38. The van der Waals surface area contributed by atoms with Crippen molar-refractivity contribution in [3.8, 4) is 22.3 Å². The minimum atomic E-state index is -0.467. The first-order valence-corrected chi connectivity index (χ1v) is 26.2. The highest BCUT2D eigenvalue weighted by Gasteiger charge is 2.52. The highest BCUT2D eigenvalue weighted by atomic mass is 15.1.